The van der Waals surface area contributed by atoms with E-state index in [-0.39, 0.29) is 0 Å². The van der Waals surface area contributed by atoms with Crippen LogP contribution in [0.3, 0.4) is 0 Å². The first kappa shape index (κ1) is 25.7. The Labute approximate surface area is 226 Å². The highest BCUT2D eigenvalue weighted by Gasteiger charge is 2.18. The quantitative estimate of drug-likeness (QED) is 0.261. The molecule has 0 aliphatic carbocycles. The summed E-state index contributed by atoms with van der Waals surface area (Å²) in [6.07, 6.45) is 2.50. The number of ether oxygens (including phenoxy) is 3. The molecule has 0 saturated carbocycles. The minimum absolute atomic E-state index is 0.319. The lowest BCUT2D eigenvalue weighted by Crippen LogP contribution is -2.35. The lowest BCUT2D eigenvalue weighted by atomic mass is 10.0. The van der Waals surface area contributed by atoms with Gasteiger partial charge >= 0.3 is 0 Å². The van der Waals surface area contributed by atoms with Gasteiger partial charge in [0.1, 0.15) is 23.4 Å². The first-order valence-corrected chi connectivity index (χ1v) is 13.2. The second-order valence-electron chi connectivity index (χ2n) is 9.84. The number of hydrogen-bond donors (Lipinski definition) is 1. The Morgan fingerprint density at radius 1 is 0.737 bits per heavy atom. The Morgan fingerprint density at radius 2 is 1.45 bits per heavy atom. The molecule has 38 heavy (non-hydrogen) atoms. The molecule has 0 bridgehead atoms. The smallest absolute Gasteiger partial charge is 0.126 e. The summed E-state index contributed by atoms with van der Waals surface area (Å²) in [5, 5.41) is 3.55. The van der Waals surface area contributed by atoms with Crippen molar-refractivity contribution in [3.05, 3.63) is 96.6 Å². The van der Waals surface area contributed by atoms with Crippen molar-refractivity contribution in [3.63, 3.8) is 0 Å². The van der Waals surface area contributed by atoms with Gasteiger partial charge in [0.2, 0.25) is 0 Å². The first-order chi connectivity index (χ1) is 18.6. The Bertz CT molecular complexity index is 1330. The summed E-state index contributed by atoms with van der Waals surface area (Å²) in [6.45, 7) is 2.92. The Kier molecular flexibility index (Phi) is 8.15. The second-order valence-corrected chi connectivity index (χ2v) is 9.84. The van der Waals surface area contributed by atoms with Gasteiger partial charge in [-0.2, -0.15) is 0 Å². The third-order valence-corrected chi connectivity index (χ3v) is 7.18. The second kappa shape index (κ2) is 12.1. The maximum absolute atomic E-state index is 6.20. The summed E-state index contributed by atoms with van der Waals surface area (Å²) in [7, 11) is 5.56. The molecule has 0 atom stereocenters. The standard InChI is InChI=1S/C33H36N2O3/c1-35-19-17-30(18-20-35)38-29-14-10-26(11-15-29)25-8-12-28(13-9-25)34-23-24-7-16-33(37-3)32(21-24)27-5-4-6-31(22-27)36-2/h4-16,21-22,30,34H,17-20,23H2,1-3H3. The van der Waals surface area contributed by atoms with Gasteiger partial charge in [-0.05, 0) is 90.7 Å². The van der Waals surface area contributed by atoms with Crippen molar-refractivity contribution in [1.29, 1.82) is 0 Å². The number of rotatable bonds is 9. The van der Waals surface area contributed by atoms with E-state index in [1.54, 1.807) is 14.2 Å². The van der Waals surface area contributed by atoms with Crippen LogP contribution in [0.1, 0.15) is 18.4 Å². The van der Waals surface area contributed by atoms with Crippen LogP contribution in [0.5, 0.6) is 17.2 Å². The van der Waals surface area contributed by atoms with Crippen molar-refractivity contribution >= 4 is 5.69 Å². The van der Waals surface area contributed by atoms with E-state index < -0.39 is 0 Å². The fourth-order valence-corrected chi connectivity index (χ4v) is 4.89. The topological polar surface area (TPSA) is 43.0 Å². The minimum atomic E-state index is 0.319. The molecule has 5 rings (SSSR count). The molecule has 1 heterocycles. The van der Waals surface area contributed by atoms with E-state index >= 15 is 0 Å². The Balaban J connectivity index is 1.21. The molecule has 0 radical (unpaired) electrons. The lowest BCUT2D eigenvalue weighted by Gasteiger charge is -2.29. The van der Waals surface area contributed by atoms with Crippen molar-refractivity contribution in [1.82, 2.24) is 4.90 Å². The summed E-state index contributed by atoms with van der Waals surface area (Å²) in [6, 6.07) is 31.4. The average Bonchev–Trinajstić information content (AvgIpc) is 2.98. The third kappa shape index (κ3) is 6.29. The molecule has 1 aliphatic rings. The third-order valence-electron chi connectivity index (χ3n) is 7.18. The van der Waals surface area contributed by atoms with Crippen LogP contribution < -0.4 is 19.5 Å². The van der Waals surface area contributed by atoms with Crippen LogP contribution in [0.15, 0.2) is 91.0 Å². The zero-order valence-electron chi connectivity index (χ0n) is 22.4. The molecular formula is C33H36N2O3. The molecule has 1 saturated heterocycles. The van der Waals surface area contributed by atoms with Crippen molar-refractivity contribution < 1.29 is 14.2 Å². The summed E-state index contributed by atoms with van der Waals surface area (Å²) in [4.78, 5) is 2.36. The van der Waals surface area contributed by atoms with E-state index in [4.69, 9.17) is 14.2 Å². The fraction of sp³-hybridized carbons (Fsp3) is 0.273. The Morgan fingerprint density at radius 3 is 2.13 bits per heavy atom. The van der Waals surface area contributed by atoms with Crippen LogP contribution in [0.25, 0.3) is 22.3 Å². The SMILES string of the molecule is COc1cccc(-c2cc(CNc3ccc(-c4ccc(OC5CCN(C)CC5)cc4)cc3)ccc2OC)c1. The number of benzene rings is 4. The highest BCUT2D eigenvalue weighted by atomic mass is 16.5. The largest absolute Gasteiger partial charge is 0.497 e. The van der Waals surface area contributed by atoms with E-state index in [9.17, 15) is 0 Å². The number of nitrogens with zero attached hydrogens (tertiary/aromatic N) is 1. The van der Waals surface area contributed by atoms with Crippen molar-refractivity contribution in [2.75, 3.05) is 39.7 Å². The normalized spacial score (nSPS) is 14.2. The predicted molar refractivity (Wildman–Crippen MR) is 155 cm³/mol. The fourth-order valence-electron chi connectivity index (χ4n) is 4.89. The molecule has 5 heteroatoms. The highest BCUT2D eigenvalue weighted by molar-refractivity contribution is 5.72. The van der Waals surface area contributed by atoms with Crippen LogP contribution in [0.2, 0.25) is 0 Å². The molecule has 4 aromatic rings. The van der Waals surface area contributed by atoms with Crippen LogP contribution in [0.4, 0.5) is 5.69 Å². The average molecular weight is 509 g/mol. The van der Waals surface area contributed by atoms with Gasteiger partial charge in [-0.25, -0.2) is 0 Å². The molecule has 0 aromatic heterocycles. The number of hydrogen-bond acceptors (Lipinski definition) is 5. The molecule has 5 nitrogen and oxygen atoms in total. The minimum Gasteiger partial charge on any atom is -0.497 e. The monoisotopic (exact) mass is 508 g/mol. The van der Waals surface area contributed by atoms with Crippen molar-refractivity contribution in [3.8, 4) is 39.5 Å². The summed E-state index contributed by atoms with van der Waals surface area (Å²) in [5.74, 6) is 2.62. The van der Waals surface area contributed by atoms with Crippen LogP contribution in [-0.2, 0) is 6.54 Å². The van der Waals surface area contributed by atoms with E-state index in [1.165, 1.54) is 16.7 Å². The predicted octanol–water partition coefficient (Wildman–Crippen LogP) is 7.12. The van der Waals surface area contributed by atoms with E-state index in [0.29, 0.717) is 12.6 Å². The number of nitrogens with one attached hydrogen (secondary N) is 1. The van der Waals surface area contributed by atoms with Crippen molar-refractivity contribution in [2.45, 2.75) is 25.5 Å². The van der Waals surface area contributed by atoms with Crippen molar-refractivity contribution in [2.24, 2.45) is 0 Å². The van der Waals surface area contributed by atoms with Gasteiger partial charge in [-0.3, -0.25) is 0 Å². The first-order valence-electron chi connectivity index (χ1n) is 13.2. The molecule has 1 N–H and O–H groups in total. The van der Waals surface area contributed by atoms with Gasteiger partial charge < -0.3 is 24.4 Å². The molecule has 196 valence electrons. The maximum Gasteiger partial charge on any atom is 0.126 e. The molecule has 0 amide bonds. The van der Waals surface area contributed by atoms with E-state index in [2.05, 4.69) is 84.0 Å². The highest BCUT2D eigenvalue weighted by Crippen LogP contribution is 2.33. The zero-order chi connectivity index (χ0) is 26.3. The molecule has 1 aliphatic heterocycles. The van der Waals surface area contributed by atoms with Crippen LogP contribution in [0, 0.1) is 0 Å². The number of likely N-dealkylation sites (tertiary alicyclic amines) is 1. The molecule has 0 unspecified atom stereocenters. The maximum atomic E-state index is 6.20. The van der Waals surface area contributed by atoms with Crippen LogP contribution >= 0.6 is 0 Å². The summed E-state index contributed by atoms with van der Waals surface area (Å²) in [5.41, 5.74) is 6.73. The Hall–Kier alpha value is -3.96. The van der Waals surface area contributed by atoms with Gasteiger partial charge in [0.05, 0.1) is 14.2 Å². The summed E-state index contributed by atoms with van der Waals surface area (Å²) < 4.78 is 17.2. The molecule has 1 fully saturated rings. The zero-order valence-corrected chi connectivity index (χ0v) is 22.4. The molecular weight excluding hydrogens is 472 g/mol. The molecule has 4 aromatic carbocycles. The number of methoxy groups -OCH3 is 2. The van der Waals surface area contributed by atoms with Gasteiger partial charge in [0.15, 0.2) is 0 Å². The van der Waals surface area contributed by atoms with Crippen LogP contribution in [-0.4, -0.2) is 45.4 Å². The van der Waals surface area contributed by atoms with Gasteiger partial charge in [0, 0.05) is 30.9 Å². The summed E-state index contributed by atoms with van der Waals surface area (Å²) >= 11 is 0. The van der Waals surface area contributed by atoms with Gasteiger partial charge in [-0.15, -0.1) is 0 Å². The molecule has 0 spiro atoms. The number of piperidine rings is 1. The van der Waals surface area contributed by atoms with Gasteiger partial charge in [0.25, 0.3) is 0 Å². The lowest BCUT2D eigenvalue weighted by molar-refractivity contribution is 0.114. The van der Waals surface area contributed by atoms with E-state index in [1.807, 2.05) is 24.3 Å². The van der Waals surface area contributed by atoms with Gasteiger partial charge in [-0.1, -0.05) is 42.5 Å². The van der Waals surface area contributed by atoms with E-state index in [0.717, 1.165) is 60.0 Å². The number of anilines is 1.